The molecule has 1 saturated heterocycles. The molecule has 2 aliphatic rings. The van der Waals surface area contributed by atoms with Gasteiger partial charge in [-0.25, -0.2) is 0 Å². The van der Waals surface area contributed by atoms with E-state index < -0.39 is 17.7 Å². The molecule has 3 heterocycles. The molecule has 0 bridgehead atoms. The molecule has 0 unspecified atom stereocenters. The van der Waals surface area contributed by atoms with Gasteiger partial charge in [0, 0.05) is 30.9 Å². The van der Waals surface area contributed by atoms with Gasteiger partial charge in [0.15, 0.2) is 0 Å². The molecule has 0 aliphatic carbocycles. The molecule has 2 aliphatic heterocycles. The number of amides is 1. The predicted octanol–water partition coefficient (Wildman–Crippen LogP) is 4.43. The average molecular weight is 471 g/mol. The number of hydrogen-bond acceptors (Lipinski definition) is 6. The second kappa shape index (κ2) is 9.25. The van der Waals surface area contributed by atoms with Gasteiger partial charge >= 0.3 is 0 Å². The largest absolute Gasteiger partial charge is 0.507 e. The molecule has 0 radical (unpaired) electrons. The number of aromatic nitrogens is 1. The first-order chi connectivity index (χ1) is 17.0. The van der Waals surface area contributed by atoms with E-state index in [0.29, 0.717) is 29.9 Å². The van der Waals surface area contributed by atoms with Gasteiger partial charge in [-0.1, -0.05) is 18.2 Å². The molecular formula is C28H26N2O5. The quantitative estimate of drug-likeness (QED) is 0.326. The topological polar surface area (TPSA) is 89.0 Å². The van der Waals surface area contributed by atoms with Gasteiger partial charge in [0.25, 0.3) is 11.7 Å². The molecule has 2 atom stereocenters. The Morgan fingerprint density at radius 2 is 2.03 bits per heavy atom. The highest BCUT2D eigenvalue weighted by molar-refractivity contribution is 6.46. The summed E-state index contributed by atoms with van der Waals surface area (Å²) >= 11 is 0. The van der Waals surface area contributed by atoms with Crippen molar-refractivity contribution in [2.24, 2.45) is 0 Å². The van der Waals surface area contributed by atoms with Crippen LogP contribution in [0, 0.1) is 0 Å². The molecule has 0 spiro atoms. The smallest absolute Gasteiger partial charge is 0.295 e. The summed E-state index contributed by atoms with van der Waals surface area (Å²) in [4.78, 5) is 32.2. The van der Waals surface area contributed by atoms with Crippen molar-refractivity contribution >= 4 is 17.4 Å². The Labute approximate surface area is 203 Å². The van der Waals surface area contributed by atoms with E-state index in [1.165, 1.54) is 4.90 Å². The van der Waals surface area contributed by atoms with Crippen LogP contribution in [0.25, 0.3) is 5.76 Å². The van der Waals surface area contributed by atoms with Gasteiger partial charge in [-0.3, -0.25) is 14.6 Å². The van der Waals surface area contributed by atoms with E-state index in [0.717, 1.165) is 16.9 Å². The summed E-state index contributed by atoms with van der Waals surface area (Å²) in [6.07, 6.45) is 4.08. The SMILES string of the molecule is CCOc1cccc([C@H]2C(=C(O)c3ccc4c(c3)C[C@@H](C)O4)C(=O)C(=O)N2Cc2cccnc2)c1. The number of benzene rings is 2. The molecule has 35 heavy (non-hydrogen) atoms. The first kappa shape index (κ1) is 22.7. The molecule has 2 aromatic carbocycles. The molecule has 7 nitrogen and oxygen atoms in total. The van der Waals surface area contributed by atoms with E-state index in [2.05, 4.69) is 4.98 Å². The minimum absolute atomic E-state index is 0.0498. The zero-order chi connectivity index (χ0) is 24.5. The third-order valence-electron chi connectivity index (χ3n) is 6.27. The fourth-order valence-electron chi connectivity index (χ4n) is 4.74. The number of rotatable bonds is 6. The molecule has 3 aromatic rings. The Morgan fingerprint density at radius 1 is 1.17 bits per heavy atom. The van der Waals surface area contributed by atoms with E-state index in [9.17, 15) is 14.7 Å². The van der Waals surface area contributed by atoms with Crippen LogP contribution >= 0.6 is 0 Å². The highest BCUT2D eigenvalue weighted by Crippen LogP contribution is 2.42. The zero-order valence-corrected chi connectivity index (χ0v) is 19.6. The van der Waals surface area contributed by atoms with Crippen LogP contribution in [0.1, 0.15) is 42.1 Å². The Hall–Kier alpha value is -4.13. The van der Waals surface area contributed by atoms with Crippen LogP contribution in [0.15, 0.2) is 72.6 Å². The van der Waals surface area contributed by atoms with E-state index in [1.54, 1.807) is 30.6 Å². The number of ether oxygens (including phenoxy) is 2. The number of aliphatic hydroxyl groups is 1. The second-order valence-electron chi connectivity index (χ2n) is 8.75. The molecule has 1 amide bonds. The number of carbonyl (C=O) groups excluding carboxylic acids is 2. The van der Waals surface area contributed by atoms with Crippen LogP contribution < -0.4 is 9.47 Å². The number of carbonyl (C=O) groups is 2. The van der Waals surface area contributed by atoms with Crippen molar-refractivity contribution in [1.82, 2.24) is 9.88 Å². The molecule has 5 rings (SSSR count). The number of fused-ring (bicyclic) bond motifs is 1. The van der Waals surface area contributed by atoms with Crippen molar-refractivity contribution < 1.29 is 24.2 Å². The van der Waals surface area contributed by atoms with Crippen molar-refractivity contribution in [2.75, 3.05) is 6.61 Å². The lowest BCUT2D eigenvalue weighted by atomic mass is 9.94. The van der Waals surface area contributed by atoms with Crippen LogP contribution in [-0.4, -0.2) is 39.4 Å². The second-order valence-corrected chi connectivity index (χ2v) is 8.75. The maximum atomic E-state index is 13.3. The van der Waals surface area contributed by atoms with Crippen LogP contribution in [0.3, 0.4) is 0 Å². The number of nitrogens with zero attached hydrogens (tertiary/aromatic N) is 2. The number of likely N-dealkylation sites (tertiary alicyclic amines) is 1. The molecule has 0 saturated carbocycles. The summed E-state index contributed by atoms with van der Waals surface area (Å²) in [6.45, 7) is 4.53. The minimum Gasteiger partial charge on any atom is -0.507 e. The van der Waals surface area contributed by atoms with Crippen molar-refractivity contribution in [1.29, 1.82) is 0 Å². The minimum atomic E-state index is -0.779. The summed E-state index contributed by atoms with van der Waals surface area (Å²) in [5.74, 6) is -0.192. The predicted molar refractivity (Wildman–Crippen MR) is 130 cm³/mol. The van der Waals surface area contributed by atoms with Crippen LogP contribution in [0.5, 0.6) is 11.5 Å². The van der Waals surface area contributed by atoms with Crippen molar-refractivity contribution in [3.8, 4) is 11.5 Å². The van der Waals surface area contributed by atoms with E-state index >= 15 is 0 Å². The third kappa shape index (κ3) is 4.25. The number of ketones is 1. The van der Waals surface area contributed by atoms with Gasteiger partial charge in [-0.2, -0.15) is 0 Å². The summed E-state index contributed by atoms with van der Waals surface area (Å²) in [5, 5.41) is 11.4. The standard InChI is InChI=1S/C28H26N2O5/c1-3-34-22-8-4-7-19(14-22)25-24(26(31)20-9-10-23-21(13-20)12-17(2)35-23)27(32)28(33)30(25)16-18-6-5-11-29-15-18/h4-11,13-15,17,25,31H,3,12,16H2,1-2H3/t17-,25+/m1/s1. The lowest BCUT2D eigenvalue weighted by molar-refractivity contribution is -0.140. The lowest BCUT2D eigenvalue weighted by Gasteiger charge is -2.25. The molecule has 1 aromatic heterocycles. The summed E-state index contributed by atoms with van der Waals surface area (Å²) < 4.78 is 11.4. The first-order valence-corrected chi connectivity index (χ1v) is 11.7. The number of Topliss-reactive ketones (excluding diaryl/α,β-unsaturated/α-hetero) is 1. The number of hydrogen-bond donors (Lipinski definition) is 1. The van der Waals surface area contributed by atoms with Crippen LogP contribution in [0.4, 0.5) is 0 Å². The van der Waals surface area contributed by atoms with Crippen molar-refractivity contribution in [3.63, 3.8) is 0 Å². The Kier molecular flexibility index (Phi) is 5.99. The van der Waals surface area contributed by atoms with Crippen LogP contribution in [-0.2, 0) is 22.6 Å². The monoisotopic (exact) mass is 470 g/mol. The Balaban J connectivity index is 1.63. The van der Waals surface area contributed by atoms with Gasteiger partial charge in [-0.05, 0) is 66.9 Å². The lowest BCUT2D eigenvalue weighted by Crippen LogP contribution is -2.29. The third-order valence-corrected chi connectivity index (χ3v) is 6.27. The van der Waals surface area contributed by atoms with Gasteiger partial charge in [0.1, 0.15) is 23.4 Å². The fourth-order valence-corrected chi connectivity index (χ4v) is 4.74. The molecule has 178 valence electrons. The Morgan fingerprint density at radius 3 is 2.80 bits per heavy atom. The first-order valence-electron chi connectivity index (χ1n) is 11.7. The maximum Gasteiger partial charge on any atom is 0.295 e. The number of pyridine rings is 1. The van der Waals surface area contributed by atoms with E-state index in [4.69, 9.17) is 9.47 Å². The van der Waals surface area contributed by atoms with E-state index in [1.807, 2.05) is 50.2 Å². The molecule has 7 heteroatoms. The molecule has 1 N–H and O–H groups in total. The maximum absolute atomic E-state index is 13.3. The van der Waals surface area contributed by atoms with E-state index in [-0.39, 0.29) is 24.0 Å². The molecular weight excluding hydrogens is 444 g/mol. The summed E-state index contributed by atoms with van der Waals surface area (Å²) in [6, 6.07) is 15.5. The van der Waals surface area contributed by atoms with Gasteiger partial charge in [0.05, 0.1) is 18.2 Å². The number of aliphatic hydroxyl groups excluding tert-OH is 1. The Bertz CT molecular complexity index is 1320. The molecule has 1 fully saturated rings. The highest BCUT2D eigenvalue weighted by Gasteiger charge is 2.46. The fraction of sp³-hybridized carbons (Fsp3) is 0.250. The summed E-state index contributed by atoms with van der Waals surface area (Å²) in [7, 11) is 0. The van der Waals surface area contributed by atoms with Gasteiger partial charge in [0.2, 0.25) is 0 Å². The van der Waals surface area contributed by atoms with Gasteiger partial charge in [-0.15, -0.1) is 0 Å². The summed E-state index contributed by atoms with van der Waals surface area (Å²) in [5.41, 5.74) is 2.95. The normalized spacial score (nSPS) is 20.6. The van der Waals surface area contributed by atoms with Crippen molar-refractivity contribution in [2.45, 2.75) is 39.0 Å². The zero-order valence-electron chi connectivity index (χ0n) is 19.6. The van der Waals surface area contributed by atoms with Crippen LogP contribution in [0.2, 0.25) is 0 Å². The van der Waals surface area contributed by atoms with Crippen molar-refractivity contribution in [3.05, 3.63) is 94.8 Å². The van der Waals surface area contributed by atoms with Gasteiger partial charge < -0.3 is 19.5 Å². The average Bonchev–Trinajstić information content (AvgIpc) is 3.35. The highest BCUT2D eigenvalue weighted by atomic mass is 16.5.